The van der Waals surface area contributed by atoms with E-state index in [1.54, 1.807) is 24.3 Å². The summed E-state index contributed by atoms with van der Waals surface area (Å²) in [4.78, 5) is 24.8. The molecule has 1 aromatic carbocycles. The molecule has 0 unspecified atom stereocenters. The van der Waals surface area contributed by atoms with Crippen LogP contribution < -0.4 is 14.8 Å². The maximum atomic E-state index is 12.7. The number of amides is 1. The van der Waals surface area contributed by atoms with Crippen LogP contribution in [0.4, 0.5) is 5.69 Å². The Morgan fingerprint density at radius 3 is 2.50 bits per heavy atom. The van der Waals surface area contributed by atoms with Crippen molar-refractivity contribution in [2.75, 3.05) is 39.2 Å². The number of benzene rings is 1. The number of methoxy groups -OCH3 is 2. The Bertz CT molecular complexity index is 1060. The lowest BCUT2D eigenvalue weighted by Crippen LogP contribution is -2.35. The molecule has 2 aromatic rings. The highest BCUT2D eigenvalue weighted by molar-refractivity contribution is 7.91. The van der Waals surface area contributed by atoms with Gasteiger partial charge in [0.25, 0.3) is 15.9 Å². The van der Waals surface area contributed by atoms with Crippen LogP contribution >= 0.6 is 11.3 Å². The number of esters is 1. The minimum Gasteiger partial charge on any atom is -0.497 e. The highest BCUT2D eigenvalue weighted by atomic mass is 32.2. The quantitative estimate of drug-likeness (QED) is 0.547. The SMILES string of the molecule is COc1ccc(NC(=O)COC(=O)Cc2ccc(S(=O)(=O)N3CCCCC3)s2)c(OC)c1. The van der Waals surface area contributed by atoms with Crippen molar-refractivity contribution in [2.24, 2.45) is 0 Å². The summed E-state index contributed by atoms with van der Waals surface area (Å²) < 4.78 is 42.5. The Labute approximate surface area is 191 Å². The normalized spacial score (nSPS) is 14.6. The van der Waals surface area contributed by atoms with Gasteiger partial charge in [-0.1, -0.05) is 6.42 Å². The number of hydrogen-bond donors (Lipinski definition) is 1. The number of nitrogens with one attached hydrogen (secondary N) is 1. The number of thiophene rings is 1. The van der Waals surface area contributed by atoms with Gasteiger partial charge in [0.15, 0.2) is 6.61 Å². The van der Waals surface area contributed by atoms with Crippen LogP contribution in [-0.2, 0) is 30.8 Å². The van der Waals surface area contributed by atoms with Crippen LogP contribution in [0.25, 0.3) is 0 Å². The number of rotatable bonds is 9. The molecule has 1 fully saturated rings. The fourth-order valence-electron chi connectivity index (χ4n) is 3.25. The third-order valence-corrected chi connectivity index (χ3v) is 8.36. The first-order valence-corrected chi connectivity index (χ1v) is 12.4. The van der Waals surface area contributed by atoms with E-state index in [1.807, 2.05) is 0 Å². The molecule has 1 amide bonds. The average Bonchev–Trinajstić information content (AvgIpc) is 3.28. The third-order valence-electron chi connectivity index (χ3n) is 4.91. The van der Waals surface area contributed by atoms with E-state index in [4.69, 9.17) is 14.2 Å². The van der Waals surface area contributed by atoms with Gasteiger partial charge in [0.1, 0.15) is 15.7 Å². The van der Waals surface area contributed by atoms with E-state index >= 15 is 0 Å². The Morgan fingerprint density at radius 1 is 1.06 bits per heavy atom. The molecule has 3 rings (SSSR count). The van der Waals surface area contributed by atoms with E-state index in [1.165, 1.54) is 24.6 Å². The van der Waals surface area contributed by atoms with Crippen molar-refractivity contribution in [3.8, 4) is 11.5 Å². The van der Waals surface area contributed by atoms with Gasteiger partial charge in [-0.3, -0.25) is 9.59 Å². The topological polar surface area (TPSA) is 111 Å². The largest absolute Gasteiger partial charge is 0.497 e. The predicted molar refractivity (Wildman–Crippen MR) is 120 cm³/mol. The van der Waals surface area contributed by atoms with E-state index in [-0.39, 0.29) is 10.6 Å². The van der Waals surface area contributed by atoms with E-state index in [0.717, 1.165) is 30.6 Å². The van der Waals surface area contributed by atoms with Crippen LogP contribution in [0.15, 0.2) is 34.5 Å². The van der Waals surface area contributed by atoms with Gasteiger partial charge in [-0.25, -0.2) is 8.42 Å². The summed E-state index contributed by atoms with van der Waals surface area (Å²) in [6, 6.07) is 8.02. The lowest BCUT2D eigenvalue weighted by Gasteiger charge is -2.25. The van der Waals surface area contributed by atoms with E-state index < -0.39 is 28.5 Å². The van der Waals surface area contributed by atoms with E-state index in [0.29, 0.717) is 35.2 Å². The minimum atomic E-state index is -3.53. The first kappa shape index (κ1) is 24.0. The zero-order valence-electron chi connectivity index (χ0n) is 18.0. The molecule has 0 spiro atoms. The highest BCUT2D eigenvalue weighted by Gasteiger charge is 2.27. The number of piperidine rings is 1. The molecular weight excluding hydrogens is 456 g/mol. The van der Waals surface area contributed by atoms with Crippen molar-refractivity contribution in [1.82, 2.24) is 4.31 Å². The van der Waals surface area contributed by atoms with Gasteiger partial charge in [0.2, 0.25) is 0 Å². The first-order chi connectivity index (χ1) is 15.3. The smallest absolute Gasteiger partial charge is 0.311 e. The average molecular weight is 483 g/mol. The second kappa shape index (κ2) is 10.8. The van der Waals surface area contributed by atoms with E-state index in [2.05, 4.69) is 5.32 Å². The number of carbonyl (C=O) groups excluding carboxylic acids is 2. The molecule has 174 valence electrons. The van der Waals surface area contributed by atoms with Crippen molar-refractivity contribution in [3.63, 3.8) is 0 Å². The summed E-state index contributed by atoms with van der Waals surface area (Å²) in [6.07, 6.45) is 2.63. The molecule has 0 bridgehead atoms. The molecule has 1 aliphatic rings. The van der Waals surface area contributed by atoms with Crippen molar-refractivity contribution in [2.45, 2.75) is 29.9 Å². The summed E-state index contributed by atoms with van der Waals surface area (Å²) >= 11 is 1.05. The second-order valence-electron chi connectivity index (χ2n) is 7.14. The third kappa shape index (κ3) is 5.99. The molecule has 9 nitrogen and oxygen atoms in total. The molecule has 0 aliphatic carbocycles. The monoisotopic (exact) mass is 482 g/mol. The van der Waals surface area contributed by atoms with Gasteiger partial charge >= 0.3 is 5.97 Å². The molecular formula is C21H26N2O7S2. The molecule has 1 saturated heterocycles. The maximum absolute atomic E-state index is 12.7. The highest BCUT2D eigenvalue weighted by Crippen LogP contribution is 2.29. The lowest BCUT2D eigenvalue weighted by atomic mass is 10.2. The number of sulfonamides is 1. The molecule has 1 N–H and O–H groups in total. The van der Waals surface area contributed by atoms with Gasteiger partial charge in [-0.05, 0) is 37.1 Å². The number of ether oxygens (including phenoxy) is 3. The van der Waals surface area contributed by atoms with Gasteiger partial charge in [-0.2, -0.15) is 4.31 Å². The summed E-state index contributed by atoms with van der Waals surface area (Å²) in [7, 11) is -0.551. The summed E-state index contributed by atoms with van der Waals surface area (Å²) in [5, 5.41) is 2.61. The Kier molecular flexibility index (Phi) is 8.10. The Hall–Kier alpha value is -2.63. The number of anilines is 1. The molecule has 0 atom stereocenters. The van der Waals surface area contributed by atoms with Crippen LogP contribution in [-0.4, -0.2) is 58.5 Å². The summed E-state index contributed by atoms with van der Waals surface area (Å²) in [6.45, 7) is 0.565. The standard InChI is InChI=1S/C21H26N2O7S2/c1-28-15-6-8-17(18(12-15)29-2)22-19(24)14-30-20(25)13-16-7-9-21(31-16)32(26,27)23-10-4-3-5-11-23/h6-9,12H,3-5,10-11,13-14H2,1-2H3,(H,22,24). The Balaban J connectivity index is 1.52. The van der Waals surface area contributed by atoms with Gasteiger partial charge in [0, 0.05) is 24.0 Å². The van der Waals surface area contributed by atoms with Crippen LogP contribution in [0, 0.1) is 0 Å². The minimum absolute atomic E-state index is 0.112. The molecule has 2 heterocycles. The molecule has 1 aliphatic heterocycles. The van der Waals surface area contributed by atoms with Gasteiger partial charge in [0.05, 0.1) is 26.3 Å². The number of carbonyl (C=O) groups is 2. The van der Waals surface area contributed by atoms with Gasteiger partial charge < -0.3 is 19.5 Å². The van der Waals surface area contributed by atoms with E-state index in [9.17, 15) is 18.0 Å². The summed E-state index contributed by atoms with van der Waals surface area (Å²) in [5.41, 5.74) is 0.417. The molecule has 1 aromatic heterocycles. The zero-order chi connectivity index (χ0) is 23.1. The summed E-state index contributed by atoms with van der Waals surface area (Å²) in [5.74, 6) is -0.166. The number of nitrogens with zero attached hydrogens (tertiary/aromatic N) is 1. The maximum Gasteiger partial charge on any atom is 0.311 e. The zero-order valence-corrected chi connectivity index (χ0v) is 19.6. The second-order valence-corrected chi connectivity index (χ2v) is 10.5. The van der Waals surface area contributed by atoms with Crippen LogP contribution in [0.3, 0.4) is 0 Å². The van der Waals surface area contributed by atoms with Crippen molar-refractivity contribution in [1.29, 1.82) is 0 Å². The first-order valence-electron chi connectivity index (χ1n) is 10.1. The molecule has 0 saturated carbocycles. The van der Waals surface area contributed by atoms with Crippen LogP contribution in [0.5, 0.6) is 11.5 Å². The number of hydrogen-bond acceptors (Lipinski definition) is 8. The predicted octanol–water partition coefficient (Wildman–Crippen LogP) is 2.66. The van der Waals surface area contributed by atoms with Gasteiger partial charge in [-0.15, -0.1) is 11.3 Å². The van der Waals surface area contributed by atoms with Crippen molar-refractivity contribution < 1.29 is 32.2 Å². The molecule has 0 radical (unpaired) electrons. The van der Waals surface area contributed by atoms with Crippen LogP contribution in [0.1, 0.15) is 24.1 Å². The van der Waals surface area contributed by atoms with Crippen LogP contribution in [0.2, 0.25) is 0 Å². The fourth-order valence-corrected chi connectivity index (χ4v) is 6.26. The fraction of sp³-hybridized carbons (Fsp3) is 0.429. The molecule has 32 heavy (non-hydrogen) atoms. The van der Waals surface area contributed by atoms with Crippen molar-refractivity contribution in [3.05, 3.63) is 35.2 Å². The Morgan fingerprint density at radius 2 is 1.81 bits per heavy atom. The lowest BCUT2D eigenvalue weighted by molar-refractivity contribution is -0.146. The van der Waals surface area contributed by atoms with Crippen molar-refractivity contribution >= 4 is 38.9 Å². The molecule has 11 heteroatoms.